The number of carbonyl (C=O) groups excluding carboxylic acids is 2. The van der Waals surface area contributed by atoms with E-state index in [9.17, 15) is 18.0 Å². The highest BCUT2D eigenvalue weighted by Gasteiger charge is 2.12. The van der Waals surface area contributed by atoms with Gasteiger partial charge in [0.2, 0.25) is 15.9 Å². The molecule has 3 N–H and O–H groups in total. The summed E-state index contributed by atoms with van der Waals surface area (Å²) >= 11 is 0. The van der Waals surface area contributed by atoms with Gasteiger partial charge >= 0.3 is 0 Å². The molecule has 0 saturated carbocycles. The van der Waals surface area contributed by atoms with Gasteiger partial charge in [-0.1, -0.05) is 12.1 Å². The SMILES string of the molecule is CC(=O)CC(=O)NC(C)c1ccc(S(N)(=O)=O)cc1. The lowest BCUT2D eigenvalue weighted by Crippen LogP contribution is -2.28. The van der Waals surface area contributed by atoms with Crippen molar-refractivity contribution in [2.75, 3.05) is 0 Å². The summed E-state index contributed by atoms with van der Waals surface area (Å²) in [6, 6.07) is 5.56. The molecule has 0 aromatic heterocycles. The Bertz CT molecular complexity index is 578. The third kappa shape index (κ3) is 4.80. The van der Waals surface area contributed by atoms with E-state index in [1.807, 2.05) is 0 Å². The Morgan fingerprint density at radius 2 is 1.79 bits per heavy atom. The van der Waals surface area contributed by atoms with Crippen molar-refractivity contribution in [2.24, 2.45) is 5.14 Å². The number of hydrogen-bond donors (Lipinski definition) is 2. The average molecular weight is 284 g/mol. The molecule has 104 valence electrons. The lowest BCUT2D eigenvalue weighted by molar-refractivity contribution is -0.127. The van der Waals surface area contributed by atoms with Crippen LogP contribution in [0.15, 0.2) is 29.2 Å². The van der Waals surface area contributed by atoms with Crippen molar-refractivity contribution < 1.29 is 18.0 Å². The summed E-state index contributed by atoms with van der Waals surface area (Å²) in [4.78, 5) is 22.2. The minimum atomic E-state index is -3.72. The van der Waals surface area contributed by atoms with E-state index in [0.29, 0.717) is 0 Å². The quantitative estimate of drug-likeness (QED) is 0.767. The summed E-state index contributed by atoms with van der Waals surface area (Å²) in [5.41, 5.74) is 0.726. The van der Waals surface area contributed by atoms with Gasteiger partial charge in [0, 0.05) is 0 Å². The molecule has 0 aliphatic carbocycles. The number of nitrogens with one attached hydrogen (secondary N) is 1. The molecular weight excluding hydrogens is 268 g/mol. The molecule has 0 fully saturated rings. The van der Waals surface area contributed by atoms with Crippen LogP contribution < -0.4 is 10.5 Å². The monoisotopic (exact) mass is 284 g/mol. The van der Waals surface area contributed by atoms with Gasteiger partial charge in [-0.05, 0) is 31.5 Å². The van der Waals surface area contributed by atoms with Crippen molar-refractivity contribution in [2.45, 2.75) is 31.2 Å². The molecule has 0 aliphatic heterocycles. The number of sulfonamides is 1. The van der Waals surface area contributed by atoms with Gasteiger partial charge in [-0.2, -0.15) is 0 Å². The van der Waals surface area contributed by atoms with Crippen LogP contribution in [0.1, 0.15) is 31.9 Å². The van der Waals surface area contributed by atoms with Crippen molar-refractivity contribution in [3.63, 3.8) is 0 Å². The summed E-state index contributed by atoms with van der Waals surface area (Å²) in [7, 11) is -3.72. The van der Waals surface area contributed by atoms with E-state index in [1.165, 1.54) is 19.1 Å². The van der Waals surface area contributed by atoms with Gasteiger partial charge in [0.15, 0.2) is 0 Å². The summed E-state index contributed by atoms with van der Waals surface area (Å²) in [5, 5.41) is 7.63. The van der Waals surface area contributed by atoms with E-state index in [4.69, 9.17) is 5.14 Å². The minimum Gasteiger partial charge on any atom is -0.349 e. The lowest BCUT2D eigenvalue weighted by Gasteiger charge is -2.14. The van der Waals surface area contributed by atoms with Crippen molar-refractivity contribution in [3.05, 3.63) is 29.8 Å². The third-order valence-electron chi connectivity index (χ3n) is 2.50. The van der Waals surface area contributed by atoms with Crippen LogP contribution in [0.25, 0.3) is 0 Å². The highest BCUT2D eigenvalue weighted by molar-refractivity contribution is 7.89. The number of carbonyl (C=O) groups is 2. The molecule has 1 aromatic rings. The number of ketones is 1. The molecule has 0 aliphatic rings. The van der Waals surface area contributed by atoms with Crippen LogP contribution in [0.2, 0.25) is 0 Å². The fourth-order valence-electron chi connectivity index (χ4n) is 1.55. The summed E-state index contributed by atoms with van der Waals surface area (Å²) < 4.78 is 22.2. The smallest absolute Gasteiger partial charge is 0.238 e. The normalized spacial score (nSPS) is 12.8. The number of hydrogen-bond acceptors (Lipinski definition) is 4. The van der Waals surface area contributed by atoms with Gasteiger partial charge in [-0.25, -0.2) is 13.6 Å². The second kappa shape index (κ2) is 5.94. The zero-order valence-electron chi connectivity index (χ0n) is 10.7. The molecule has 0 bridgehead atoms. The molecule has 1 rings (SSSR count). The summed E-state index contributed by atoms with van der Waals surface area (Å²) in [6.45, 7) is 3.08. The molecule has 7 heteroatoms. The number of Topliss-reactive ketones (excluding diaryl/α,β-unsaturated/α-hetero) is 1. The van der Waals surface area contributed by atoms with Crippen molar-refractivity contribution in [1.29, 1.82) is 0 Å². The van der Waals surface area contributed by atoms with Crippen LogP contribution in [0, 0.1) is 0 Å². The lowest BCUT2D eigenvalue weighted by atomic mass is 10.1. The standard InChI is InChI=1S/C12H16N2O4S/c1-8(15)7-12(16)14-9(2)10-3-5-11(6-4-10)19(13,17)18/h3-6,9H,7H2,1-2H3,(H,14,16)(H2,13,17,18). The first-order valence-corrected chi connectivity index (χ1v) is 7.16. The van der Waals surface area contributed by atoms with Crippen LogP contribution in [0.4, 0.5) is 0 Å². The molecule has 1 atom stereocenters. The van der Waals surface area contributed by atoms with Crippen LogP contribution in [0.5, 0.6) is 0 Å². The van der Waals surface area contributed by atoms with E-state index in [1.54, 1.807) is 19.1 Å². The Hall–Kier alpha value is -1.73. The Balaban J connectivity index is 2.76. The number of rotatable bonds is 5. The highest BCUT2D eigenvalue weighted by atomic mass is 32.2. The molecule has 6 nitrogen and oxygen atoms in total. The number of benzene rings is 1. The maximum Gasteiger partial charge on any atom is 0.238 e. The molecule has 0 radical (unpaired) electrons. The molecule has 1 amide bonds. The third-order valence-corrected chi connectivity index (χ3v) is 3.42. The Kier molecular flexibility index (Phi) is 4.79. The maximum absolute atomic E-state index is 11.4. The Labute approximate surface area is 112 Å². The van der Waals surface area contributed by atoms with Gasteiger partial charge in [0.1, 0.15) is 5.78 Å². The summed E-state index contributed by atoms with van der Waals surface area (Å²) in [6.07, 6.45) is -0.167. The topological polar surface area (TPSA) is 106 Å². The van der Waals surface area contributed by atoms with E-state index in [2.05, 4.69) is 5.32 Å². The fraction of sp³-hybridized carbons (Fsp3) is 0.333. The zero-order chi connectivity index (χ0) is 14.6. The van der Waals surface area contributed by atoms with Gasteiger partial charge in [0.25, 0.3) is 0 Å². The molecule has 1 aromatic carbocycles. The van der Waals surface area contributed by atoms with Crippen LogP contribution in [-0.2, 0) is 19.6 Å². The van der Waals surface area contributed by atoms with Gasteiger partial charge < -0.3 is 5.32 Å². The highest BCUT2D eigenvalue weighted by Crippen LogP contribution is 2.15. The maximum atomic E-state index is 11.4. The molecule has 0 heterocycles. The second-order valence-electron chi connectivity index (χ2n) is 4.28. The van der Waals surface area contributed by atoms with E-state index < -0.39 is 10.0 Å². The van der Waals surface area contributed by atoms with Gasteiger partial charge in [-0.15, -0.1) is 0 Å². The molecule has 0 spiro atoms. The van der Waals surface area contributed by atoms with Gasteiger partial charge in [0.05, 0.1) is 17.4 Å². The van der Waals surface area contributed by atoms with Crippen LogP contribution in [0.3, 0.4) is 0 Å². The fourth-order valence-corrected chi connectivity index (χ4v) is 2.06. The van der Waals surface area contributed by atoms with Crippen molar-refractivity contribution >= 4 is 21.7 Å². The number of amides is 1. The molecular formula is C12H16N2O4S. The van der Waals surface area contributed by atoms with E-state index >= 15 is 0 Å². The molecule has 19 heavy (non-hydrogen) atoms. The average Bonchev–Trinajstić information content (AvgIpc) is 2.26. The first-order valence-electron chi connectivity index (χ1n) is 5.61. The van der Waals surface area contributed by atoms with Crippen LogP contribution >= 0.6 is 0 Å². The zero-order valence-corrected chi connectivity index (χ0v) is 11.5. The van der Waals surface area contributed by atoms with Crippen molar-refractivity contribution in [3.8, 4) is 0 Å². The predicted molar refractivity (Wildman–Crippen MR) is 69.7 cm³/mol. The molecule has 0 saturated heterocycles. The van der Waals surface area contributed by atoms with Crippen LogP contribution in [-0.4, -0.2) is 20.1 Å². The second-order valence-corrected chi connectivity index (χ2v) is 5.84. The summed E-state index contributed by atoms with van der Waals surface area (Å²) in [5.74, 6) is -0.579. The van der Waals surface area contributed by atoms with Crippen molar-refractivity contribution in [1.82, 2.24) is 5.32 Å². The first-order chi connectivity index (χ1) is 8.70. The Morgan fingerprint density at radius 3 is 2.21 bits per heavy atom. The first kappa shape index (κ1) is 15.3. The van der Waals surface area contributed by atoms with E-state index in [-0.39, 0.29) is 29.0 Å². The Morgan fingerprint density at radius 1 is 1.26 bits per heavy atom. The number of nitrogens with two attached hydrogens (primary N) is 1. The van der Waals surface area contributed by atoms with E-state index in [0.717, 1.165) is 5.56 Å². The minimum absolute atomic E-state index is 0.0125. The predicted octanol–water partition coefficient (Wildman–Crippen LogP) is 0.490. The number of primary sulfonamides is 1. The molecule has 1 unspecified atom stereocenters. The largest absolute Gasteiger partial charge is 0.349 e. The van der Waals surface area contributed by atoms with Gasteiger partial charge in [-0.3, -0.25) is 9.59 Å².